The summed E-state index contributed by atoms with van der Waals surface area (Å²) in [5.74, 6) is -0.136. The van der Waals surface area contributed by atoms with Crippen molar-refractivity contribution in [1.29, 1.82) is 0 Å². The first-order chi connectivity index (χ1) is 14.2. The molecule has 0 spiro atoms. The Bertz CT molecular complexity index is 1040. The molecule has 30 heavy (non-hydrogen) atoms. The number of aromatic nitrogens is 1. The van der Waals surface area contributed by atoms with Gasteiger partial charge in [-0.2, -0.15) is 0 Å². The molecule has 0 atom stereocenters. The van der Waals surface area contributed by atoms with Gasteiger partial charge in [-0.1, -0.05) is 6.07 Å². The summed E-state index contributed by atoms with van der Waals surface area (Å²) >= 11 is 0. The maximum Gasteiger partial charge on any atom is 0.414 e. The van der Waals surface area contributed by atoms with Crippen molar-refractivity contribution in [3.8, 4) is 5.75 Å². The van der Waals surface area contributed by atoms with Crippen LogP contribution in [0.25, 0.3) is 10.8 Å². The van der Waals surface area contributed by atoms with Crippen molar-refractivity contribution in [3.05, 3.63) is 60.9 Å². The second-order valence-corrected chi connectivity index (χ2v) is 7.88. The monoisotopic (exact) mass is 407 g/mol. The fourth-order valence-corrected chi connectivity index (χ4v) is 2.87. The van der Waals surface area contributed by atoms with Crippen LogP contribution in [0.5, 0.6) is 5.75 Å². The summed E-state index contributed by atoms with van der Waals surface area (Å²) in [6.07, 6.45) is 2.98. The van der Waals surface area contributed by atoms with E-state index < -0.39 is 11.7 Å². The Morgan fingerprint density at radius 1 is 1.07 bits per heavy atom. The van der Waals surface area contributed by atoms with E-state index in [2.05, 4.69) is 10.3 Å². The van der Waals surface area contributed by atoms with Gasteiger partial charge in [-0.25, -0.2) is 4.79 Å². The van der Waals surface area contributed by atoms with E-state index >= 15 is 0 Å². The van der Waals surface area contributed by atoms with E-state index in [1.54, 1.807) is 45.3 Å². The zero-order valence-corrected chi connectivity index (χ0v) is 17.3. The van der Waals surface area contributed by atoms with E-state index in [9.17, 15) is 14.7 Å². The van der Waals surface area contributed by atoms with Crippen LogP contribution in [0, 0.1) is 0 Å². The number of hydrogen-bond donors (Lipinski definition) is 2. The van der Waals surface area contributed by atoms with Gasteiger partial charge in [0, 0.05) is 42.1 Å². The number of hydrogen-bond acceptors (Lipinski definition) is 5. The summed E-state index contributed by atoms with van der Waals surface area (Å²) in [4.78, 5) is 30.6. The van der Waals surface area contributed by atoms with E-state index in [1.165, 1.54) is 17.0 Å². The standard InChI is InChI=1S/C23H25N3O4/c1-23(2,3)30-22(29)26(19-6-8-20(27)9-7-19)13-11-21(28)25-18-5-4-17-15-24-12-10-16(17)14-18/h4-10,12,14-15,27H,11,13H2,1-3H3,(H,25,28). The lowest BCUT2D eigenvalue weighted by Gasteiger charge is -2.27. The molecule has 7 heteroatoms. The first kappa shape index (κ1) is 21.1. The number of amides is 2. The van der Waals surface area contributed by atoms with Crippen LogP contribution in [0.3, 0.4) is 0 Å². The van der Waals surface area contributed by atoms with Gasteiger partial charge in [-0.05, 0) is 68.6 Å². The predicted octanol–water partition coefficient (Wildman–Crippen LogP) is 4.71. The molecular weight excluding hydrogens is 382 g/mol. The number of rotatable bonds is 5. The van der Waals surface area contributed by atoms with Crippen molar-refractivity contribution in [2.45, 2.75) is 32.8 Å². The molecule has 2 aromatic carbocycles. The van der Waals surface area contributed by atoms with Gasteiger partial charge in [0.15, 0.2) is 0 Å². The Kier molecular flexibility index (Phi) is 6.20. The van der Waals surface area contributed by atoms with E-state index in [0.29, 0.717) is 11.4 Å². The second kappa shape index (κ2) is 8.82. The third-order valence-electron chi connectivity index (χ3n) is 4.26. The van der Waals surface area contributed by atoms with Crippen LogP contribution in [0.1, 0.15) is 27.2 Å². The summed E-state index contributed by atoms with van der Waals surface area (Å²) in [6.45, 7) is 5.47. The lowest BCUT2D eigenvalue weighted by atomic mass is 10.1. The van der Waals surface area contributed by atoms with Crippen LogP contribution in [-0.4, -0.2) is 34.2 Å². The van der Waals surface area contributed by atoms with Gasteiger partial charge in [0.2, 0.25) is 5.91 Å². The van der Waals surface area contributed by atoms with Crippen molar-refractivity contribution in [2.24, 2.45) is 0 Å². The molecule has 0 unspecified atom stereocenters. The maximum absolute atomic E-state index is 12.7. The van der Waals surface area contributed by atoms with Crippen LogP contribution < -0.4 is 10.2 Å². The van der Waals surface area contributed by atoms with Gasteiger partial charge in [0.25, 0.3) is 0 Å². The smallest absolute Gasteiger partial charge is 0.414 e. The summed E-state index contributed by atoms with van der Waals surface area (Å²) < 4.78 is 5.47. The first-order valence-corrected chi connectivity index (χ1v) is 9.64. The molecular formula is C23H25N3O4. The minimum Gasteiger partial charge on any atom is -0.508 e. The Morgan fingerprint density at radius 3 is 2.50 bits per heavy atom. The van der Waals surface area contributed by atoms with Gasteiger partial charge < -0.3 is 15.2 Å². The number of carbonyl (C=O) groups excluding carboxylic acids is 2. The summed E-state index contributed by atoms with van der Waals surface area (Å²) in [6, 6.07) is 13.6. The fourth-order valence-electron chi connectivity index (χ4n) is 2.87. The number of ether oxygens (including phenoxy) is 1. The SMILES string of the molecule is CC(C)(C)OC(=O)N(CCC(=O)Nc1ccc2cnccc2c1)c1ccc(O)cc1. The Balaban J connectivity index is 1.69. The van der Waals surface area contributed by atoms with Gasteiger partial charge in [0.1, 0.15) is 11.4 Å². The van der Waals surface area contributed by atoms with Crippen LogP contribution in [-0.2, 0) is 9.53 Å². The number of phenolic OH excluding ortho intramolecular Hbond substituents is 1. The topological polar surface area (TPSA) is 91.8 Å². The number of aromatic hydroxyl groups is 1. The van der Waals surface area contributed by atoms with Crippen molar-refractivity contribution >= 4 is 34.1 Å². The number of nitrogens with zero attached hydrogens (tertiary/aromatic N) is 2. The molecule has 156 valence electrons. The summed E-state index contributed by atoms with van der Waals surface area (Å²) in [5.41, 5.74) is 0.536. The molecule has 1 aromatic heterocycles. The molecule has 0 fully saturated rings. The Morgan fingerprint density at radius 2 is 1.80 bits per heavy atom. The average Bonchev–Trinajstić information content (AvgIpc) is 2.68. The number of fused-ring (bicyclic) bond motifs is 1. The van der Waals surface area contributed by atoms with E-state index in [-0.39, 0.29) is 24.6 Å². The van der Waals surface area contributed by atoms with Crippen LogP contribution in [0.15, 0.2) is 60.9 Å². The van der Waals surface area contributed by atoms with Gasteiger partial charge in [-0.3, -0.25) is 14.7 Å². The predicted molar refractivity (Wildman–Crippen MR) is 117 cm³/mol. The third kappa shape index (κ3) is 5.70. The number of benzene rings is 2. The van der Waals surface area contributed by atoms with Crippen molar-refractivity contribution in [1.82, 2.24) is 4.98 Å². The highest BCUT2D eigenvalue weighted by molar-refractivity contribution is 5.95. The third-order valence-corrected chi connectivity index (χ3v) is 4.26. The average molecular weight is 407 g/mol. The number of carbonyl (C=O) groups is 2. The highest BCUT2D eigenvalue weighted by Crippen LogP contribution is 2.22. The van der Waals surface area contributed by atoms with Crippen molar-refractivity contribution in [2.75, 3.05) is 16.8 Å². The molecule has 0 aliphatic carbocycles. The highest BCUT2D eigenvalue weighted by atomic mass is 16.6. The molecule has 1 heterocycles. The molecule has 3 rings (SSSR count). The van der Waals surface area contributed by atoms with Crippen LogP contribution in [0.2, 0.25) is 0 Å². The minimum absolute atomic E-state index is 0.0779. The van der Waals surface area contributed by atoms with Gasteiger partial charge in [0.05, 0.1) is 0 Å². The zero-order chi connectivity index (χ0) is 21.7. The molecule has 2 amide bonds. The summed E-state index contributed by atoms with van der Waals surface area (Å²) in [7, 11) is 0. The van der Waals surface area contributed by atoms with E-state index in [1.807, 2.05) is 24.3 Å². The van der Waals surface area contributed by atoms with E-state index in [4.69, 9.17) is 4.74 Å². The Hall–Kier alpha value is -3.61. The Labute approximate surface area is 175 Å². The molecule has 0 aliphatic heterocycles. The van der Waals surface area contributed by atoms with Gasteiger partial charge >= 0.3 is 6.09 Å². The largest absolute Gasteiger partial charge is 0.508 e. The summed E-state index contributed by atoms with van der Waals surface area (Å²) in [5, 5.41) is 14.3. The molecule has 0 aliphatic rings. The van der Waals surface area contributed by atoms with E-state index in [0.717, 1.165) is 10.8 Å². The number of pyridine rings is 1. The van der Waals surface area contributed by atoms with Crippen molar-refractivity contribution < 1.29 is 19.4 Å². The molecule has 3 aromatic rings. The molecule has 7 nitrogen and oxygen atoms in total. The number of anilines is 2. The molecule has 2 N–H and O–H groups in total. The highest BCUT2D eigenvalue weighted by Gasteiger charge is 2.24. The van der Waals surface area contributed by atoms with Gasteiger partial charge in [-0.15, -0.1) is 0 Å². The number of nitrogens with one attached hydrogen (secondary N) is 1. The fraction of sp³-hybridized carbons (Fsp3) is 0.261. The quantitative estimate of drug-likeness (QED) is 0.639. The van der Waals surface area contributed by atoms with Crippen LogP contribution >= 0.6 is 0 Å². The van der Waals surface area contributed by atoms with Crippen LogP contribution in [0.4, 0.5) is 16.2 Å². The molecule has 0 bridgehead atoms. The first-order valence-electron chi connectivity index (χ1n) is 9.64. The minimum atomic E-state index is -0.672. The van der Waals surface area contributed by atoms with Crippen molar-refractivity contribution in [3.63, 3.8) is 0 Å². The second-order valence-electron chi connectivity index (χ2n) is 7.88. The zero-order valence-electron chi connectivity index (χ0n) is 17.3. The number of phenols is 1. The lowest BCUT2D eigenvalue weighted by molar-refractivity contribution is -0.116. The maximum atomic E-state index is 12.7. The molecule has 0 radical (unpaired) electrons. The molecule has 0 saturated heterocycles. The lowest BCUT2D eigenvalue weighted by Crippen LogP contribution is -2.38. The normalized spacial score (nSPS) is 11.2. The molecule has 0 saturated carbocycles.